The minimum atomic E-state index is 0.949. The van der Waals surface area contributed by atoms with Crippen LogP contribution < -0.4 is 0 Å². The lowest BCUT2D eigenvalue weighted by Gasteiger charge is -2.09. The molecule has 0 saturated heterocycles. The standard InChI is InChI=1S/C24H34N2S/c1-2-3-4-5-6-7-8-9-10-13-18-26-23-17-12-11-16-22(23)25-24(26)20-21-15-14-19-27-21/h11-12,14-17,19H,2-10,13,18,20H2,1H3. The molecule has 0 amide bonds. The third kappa shape index (κ3) is 6.21. The van der Waals surface area contributed by atoms with Gasteiger partial charge in [0.2, 0.25) is 0 Å². The summed E-state index contributed by atoms with van der Waals surface area (Å²) in [5, 5.41) is 2.16. The van der Waals surface area contributed by atoms with Gasteiger partial charge < -0.3 is 4.57 Å². The van der Waals surface area contributed by atoms with Crippen molar-refractivity contribution in [3.63, 3.8) is 0 Å². The molecule has 0 atom stereocenters. The zero-order valence-electron chi connectivity index (χ0n) is 16.8. The van der Waals surface area contributed by atoms with Gasteiger partial charge in [0.25, 0.3) is 0 Å². The monoisotopic (exact) mass is 382 g/mol. The lowest BCUT2D eigenvalue weighted by Crippen LogP contribution is -2.04. The van der Waals surface area contributed by atoms with Crippen LogP contribution in [0.2, 0.25) is 0 Å². The van der Waals surface area contributed by atoms with E-state index in [1.807, 2.05) is 11.3 Å². The van der Waals surface area contributed by atoms with Gasteiger partial charge in [-0.25, -0.2) is 4.98 Å². The van der Waals surface area contributed by atoms with Crippen molar-refractivity contribution in [2.75, 3.05) is 0 Å². The third-order valence-electron chi connectivity index (χ3n) is 5.38. The molecule has 3 aromatic rings. The number of imidazole rings is 1. The smallest absolute Gasteiger partial charge is 0.115 e. The summed E-state index contributed by atoms with van der Waals surface area (Å²) >= 11 is 1.83. The van der Waals surface area contributed by atoms with Crippen LogP contribution in [0.3, 0.4) is 0 Å². The highest BCUT2D eigenvalue weighted by Crippen LogP contribution is 2.21. The van der Waals surface area contributed by atoms with Crippen molar-refractivity contribution in [1.82, 2.24) is 9.55 Å². The number of para-hydroxylation sites is 2. The predicted molar refractivity (Wildman–Crippen MR) is 119 cm³/mol. The van der Waals surface area contributed by atoms with Crippen LogP contribution >= 0.6 is 11.3 Å². The highest BCUT2D eigenvalue weighted by atomic mass is 32.1. The van der Waals surface area contributed by atoms with Gasteiger partial charge in [-0.05, 0) is 30.0 Å². The van der Waals surface area contributed by atoms with Crippen molar-refractivity contribution < 1.29 is 0 Å². The van der Waals surface area contributed by atoms with E-state index in [1.165, 1.54) is 80.4 Å². The Morgan fingerprint density at radius 2 is 1.52 bits per heavy atom. The Balaban J connectivity index is 1.46. The minimum absolute atomic E-state index is 0.949. The van der Waals surface area contributed by atoms with Crippen LogP contribution in [0.5, 0.6) is 0 Å². The first-order chi connectivity index (χ1) is 13.4. The summed E-state index contributed by atoms with van der Waals surface area (Å²) in [6, 6.07) is 12.9. The minimum Gasteiger partial charge on any atom is -0.328 e. The molecule has 0 aliphatic carbocycles. The van der Waals surface area contributed by atoms with E-state index in [9.17, 15) is 0 Å². The Labute approximate surface area is 168 Å². The van der Waals surface area contributed by atoms with Crippen molar-refractivity contribution in [2.45, 2.75) is 84.1 Å². The Morgan fingerprint density at radius 1 is 0.815 bits per heavy atom. The van der Waals surface area contributed by atoms with E-state index in [-0.39, 0.29) is 0 Å². The van der Waals surface area contributed by atoms with E-state index >= 15 is 0 Å². The highest BCUT2D eigenvalue weighted by molar-refractivity contribution is 7.09. The molecule has 0 spiro atoms. The Bertz CT molecular complexity index is 773. The van der Waals surface area contributed by atoms with E-state index in [0.29, 0.717) is 0 Å². The van der Waals surface area contributed by atoms with E-state index in [0.717, 1.165) is 18.5 Å². The second-order valence-electron chi connectivity index (χ2n) is 7.61. The van der Waals surface area contributed by atoms with Gasteiger partial charge in [-0.1, -0.05) is 82.9 Å². The number of fused-ring (bicyclic) bond motifs is 1. The summed E-state index contributed by atoms with van der Waals surface area (Å²) in [4.78, 5) is 6.32. The van der Waals surface area contributed by atoms with Gasteiger partial charge in [0.05, 0.1) is 11.0 Å². The van der Waals surface area contributed by atoms with Gasteiger partial charge in [0.1, 0.15) is 5.82 Å². The van der Waals surface area contributed by atoms with Crippen LogP contribution in [0.15, 0.2) is 41.8 Å². The molecule has 0 saturated carbocycles. The zero-order valence-corrected chi connectivity index (χ0v) is 17.6. The molecule has 2 aromatic heterocycles. The lowest BCUT2D eigenvalue weighted by atomic mass is 10.1. The van der Waals surface area contributed by atoms with Crippen molar-refractivity contribution in [2.24, 2.45) is 0 Å². The molecular weight excluding hydrogens is 348 g/mol. The molecule has 0 aliphatic rings. The van der Waals surface area contributed by atoms with Gasteiger partial charge in [-0.15, -0.1) is 11.3 Å². The van der Waals surface area contributed by atoms with Crippen molar-refractivity contribution in [1.29, 1.82) is 0 Å². The molecule has 0 bridgehead atoms. The molecule has 2 nitrogen and oxygen atoms in total. The summed E-state index contributed by atoms with van der Waals surface area (Å²) < 4.78 is 2.46. The van der Waals surface area contributed by atoms with Gasteiger partial charge in [-0.3, -0.25) is 0 Å². The normalized spacial score (nSPS) is 11.4. The van der Waals surface area contributed by atoms with E-state index in [4.69, 9.17) is 4.98 Å². The largest absolute Gasteiger partial charge is 0.328 e. The maximum Gasteiger partial charge on any atom is 0.115 e. The molecule has 3 rings (SSSR count). The number of thiophene rings is 1. The van der Waals surface area contributed by atoms with Crippen LogP contribution in [0.25, 0.3) is 11.0 Å². The van der Waals surface area contributed by atoms with Crippen molar-refractivity contribution in [3.8, 4) is 0 Å². The number of hydrogen-bond acceptors (Lipinski definition) is 2. The number of aromatic nitrogens is 2. The second kappa shape index (κ2) is 11.3. The van der Waals surface area contributed by atoms with Crippen LogP contribution in [0.1, 0.15) is 81.8 Å². The Kier molecular flexibility index (Phi) is 8.41. The fourth-order valence-electron chi connectivity index (χ4n) is 3.84. The maximum atomic E-state index is 4.92. The van der Waals surface area contributed by atoms with Crippen LogP contribution in [-0.4, -0.2) is 9.55 Å². The molecule has 0 unspecified atom stereocenters. The predicted octanol–water partition coefficient (Wildman–Crippen LogP) is 7.61. The number of rotatable bonds is 13. The Morgan fingerprint density at radius 3 is 2.22 bits per heavy atom. The number of nitrogens with zero attached hydrogens (tertiary/aromatic N) is 2. The van der Waals surface area contributed by atoms with Gasteiger partial charge in [-0.2, -0.15) is 0 Å². The number of hydrogen-bond donors (Lipinski definition) is 0. The van der Waals surface area contributed by atoms with E-state index in [2.05, 4.69) is 53.3 Å². The maximum absolute atomic E-state index is 4.92. The second-order valence-corrected chi connectivity index (χ2v) is 8.64. The molecule has 1 aromatic carbocycles. The molecule has 0 N–H and O–H groups in total. The summed E-state index contributed by atoms with van der Waals surface area (Å²) in [5.41, 5.74) is 2.43. The SMILES string of the molecule is CCCCCCCCCCCCn1c(Cc2cccs2)nc2ccccc21. The van der Waals surface area contributed by atoms with Crippen LogP contribution in [-0.2, 0) is 13.0 Å². The topological polar surface area (TPSA) is 17.8 Å². The first kappa shape index (κ1) is 20.1. The van der Waals surface area contributed by atoms with Gasteiger partial charge in [0.15, 0.2) is 0 Å². The number of benzene rings is 1. The van der Waals surface area contributed by atoms with Crippen LogP contribution in [0.4, 0.5) is 0 Å². The van der Waals surface area contributed by atoms with Crippen molar-refractivity contribution in [3.05, 3.63) is 52.5 Å². The zero-order chi connectivity index (χ0) is 18.7. The molecule has 0 fully saturated rings. The molecular formula is C24H34N2S. The van der Waals surface area contributed by atoms with E-state index < -0.39 is 0 Å². The molecule has 0 radical (unpaired) electrons. The first-order valence-corrected chi connectivity index (χ1v) is 11.7. The lowest BCUT2D eigenvalue weighted by molar-refractivity contribution is 0.533. The number of aryl methyl sites for hydroxylation is 1. The third-order valence-corrected chi connectivity index (χ3v) is 6.26. The van der Waals surface area contributed by atoms with E-state index in [1.54, 1.807) is 0 Å². The molecule has 0 aliphatic heterocycles. The Hall–Kier alpha value is -1.61. The molecule has 146 valence electrons. The first-order valence-electron chi connectivity index (χ1n) is 10.8. The van der Waals surface area contributed by atoms with Crippen LogP contribution in [0, 0.1) is 0 Å². The van der Waals surface area contributed by atoms with Gasteiger partial charge >= 0.3 is 0 Å². The van der Waals surface area contributed by atoms with Gasteiger partial charge in [0, 0.05) is 17.8 Å². The summed E-state index contributed by atoms with van der Waals surface area (Å²) in [5.74, 6) is 1.22. The molecule has 2 heterocycles. The highest BCUT2D eigenvalue weighted by Gasteiger charge is 2.11. The quantitative estimate of drug-likeness (QED) is 0.278. The molecule has 27 heavy (non-hydrogen) atoms. The molecule has 3 heteroatoms. The fraction of sp³-hybridized carbons (Fsp3) is 0.542. The number of unbranched alkanes of at least 4 members (excludes halogenated alkanes) is 9. The summed E-state index contributed by atoms with van der Waals surface area (Å²) in [6.07, 6.45) is 14.8. The summed E-state index contributed by atoms with van der Waals surface area (Å²) in [7, 11) is 0. The fourth-order valence-corrected chi connectivity index (χ4v) is 4.54. The van der Waals surface area contributed by atoms with Crippen molar-refractivity contribution >= 4 is 22.4 Å². The summed E-state index contributed by atoms with van der Waals surface area (Å²) in [6.45, 7) is 3.38. The average molecular weight is 383 g/mol. The average Bonchev–Trinajstić information content (AvgIpc) is 3.31.